The van der Waals surface area contributed by atoms with E-state index in [0.717, 1.165) is 25.9 Å². The van der Waals surface area contributed by atoms with E-state index in [0.29, 0.717) is 29.3 Å². The van der Waals surface area contributed by atoms with Crippen LogP contribution in [0.5, 0.6) is 5.75 Å². The SMILES string of the molecule is COc1ccc(C(N)=O)cc1NC(=O)CC1CCNCC1. The molecule has 1 fully saturated rings. The number of methoxy groups -OCH3 is 1. The average Bonchev–Trinajstić information content (AvgIpc) is 2.48. The molecule has 21 heavy (non-hydrogen) atoms. The summed E-state index contributed by atoms with van der Waals surface area (Å²) in [5.41, 5.74) is 6.08. The number of hydrogen-bond acceptors (Lipinski definition) is 4. The van der Waals surface area contributed by atoms with Gasteiger partial charge in [-0.1, -0.05) is 0 Å². The fraction of sp³-hybridized carbons (Fsp3) is 0.467. The van der Waals surface area contributed by atoms with E-state index in [2.05, 4.69) is 10.6 Å². The van der Waals surface area contributed by atoms with Gasteiger partial charge in [0.25, 0.3) is 0 Å². The van der Waals surface area contributed by atoms with Crippen LogP contribution in [-0.2, 0) is 4.79 Å². The van der Waals surface area contributed by atoms with Crippen molar-refractivity contribution >= 4 is 17.5 Å². The zero-order chi connectivity index (χ0) is 15.2. The maximum Gasteiger partial charge on any atom is 0.248 e. The van der Waals surface area contributed by atoms with Gasteiger partial charge >= 0.3 is 0 Å². The summed E-state index contributed by atoms with van der Waals surface area (Å²) in [6.07, 6.45) is 2.49. The van der Waals surface area contributed by atoms with Crippen LogP contribution in [0.4, 0.5) is 5.69 Å². The minimum Gasteiger partial charge on any atom is -0.495 e. The highest BCUT2D eigenvalue weighted by Gasteiger charge is 2.18. The molecule has 4 N–H and O–H groups in total. The predicted octanol–water partition coefficient (Wildman–Crippen LogP) is 1.12. The predicted molar refractivity (Wildman–Crippen MR) is 80.4 cm³/mol. The lowest BCUT2D eigenvalue weighted by Gasteiger charge is -2.22. The summed E-state index contributed by atoms with van der Waals surface area (Å²) in [4.78, 5) is 23.3. The molecule has 114 valence electrons. The zero-order valence-electron chi connectivity index (χ0n) is 12.1. The van der Waals surface area contributed by atoms with Crippen molar-refractivity contribution in [2.24, 2.45) is 11.7 Å². The number of carbonyl (C=O) groups is 2. The molecule has 1 aromatic carbocycles. The number of ether oxygens (including phenoxy) is 1. The molecule has 2 rings (SSSR count). The largest absolute Gasteiger partial charge is 0.495 e. The summed E-state index contributed by atoms with van der Waals surface area (Å²) >= 11 is 0. The summed E-state index contributed by atoms with van der Waals surface area (Å²) in [6.45, 7) is 1.91. The molecular formula is C15H21N3O3. The standard InChI is InChI=1S/C15H21N3O3/c1-21-13-3-2-11(15(16)20)9-12(13)18-14(19)8-10-4-6-17-7-5-10/h2-3,9-10,17H,4-8H2,1H3,(H2,16,20)(H,18,19). The number of primary amides is 1. The molecular weight excluding hydrogens is 270 g/mol. The van der Waals surface area contributed by atoms with Gasteiger partial charge in [0.2, 0.25) is 11.8 Å². The zero-order valence-corrected chi connectivity index (χ0v) is 12.1. The van der Waals surface area contributed by atoms with Crippen LogP contribution in [0.15, 0.2) is 18.2 Å². The van der Waals surface area contributed by atoms with E-state index in [1.165, 1.54) is 7.11 Å². The average molecular weight is 291 g/mol. The van der Waals surface area contributed by atoms with E-state index < -0.39 is 5.91 Å². The summed E-state index contributed by atoms with van der Waals surface area (Å²) in [6, 6.07) is 4.74. The van der Waals surface area contributed by atoms with E-state index in [9.17, 15) is 9.59 Å². The van der Waals surface area contributed by atoms with Gasteiger partial charge in [-0.2, -0.15) is 0 Å². The van der Waals surface area contributed by atoms with Crippen molar-refractivity contribution in [3.63, 3.8) is 0 Å². The number of nitrogens with two attached hydrogens (primary N) is 1. The smallest absolute Gasteiger partial charge is 0.248 e. The molecule has 1 saturated heterocycles. The molecule has 2 amide bonds. The Kier molecular flexibility index (Phi) is 5.16. The van der Waals surface area contributed by atoms with Crippen LogP contribution in [0.2, 0.25) is 0 Å². The van der Waals surface area contributed by atoms with Gasteiger partial charge in [0.15, 0.2) is 0 Å². The maximum absolute atomic E-state index is 12.1. The third kappa shape index (κ3) is 4.19. The topological polar surface area (TPSA) is 93.4 Å². The molecule has 0 bridgehead atoms. The first-order valence-electron chi connectivity index (χ1n) is 7.08. The minimum atomic E-state index is -0.536. The third-order valence-electron chi connectivity index (χ3n) is 3.69. The van der Waals surface area contributed by atoms with Crippen LogP contribution in [0.1, 0.15) is 29.6 Å². The molecule has 6 nitrogen and oxygen atoms in total. The number of rotatable bonds is 5. The molecule has 0 atom stereocenters. The maximum atomic E-state index is 12.1. The number of hydrogen-bond donors (Lipinski definition) is 3. The fourth-order valence-electron chi connectivity index (χ4n) is 2.51. The van der Waals surface area contributed by atoms with Gasteiger partial charge < -0.3 is 21.1 Å². The van der Waals surface area contributed by atoms with Crippen LogP contribution in [-0.4, -0.2) is 32.0 Å². The first-order valence-corrected chi connectivity index (χ1v) is 7.08. The monoisotopic (exact) mass is 291 g/mol. The number of benzene rings is 1. The van der Waals surface area contributed by atoms with Crippen LogP contribution in [0.3, 0.4) is 0 Å². The molecule has 6 heteroatoms. The van der Waals surface area contributed by atoms with Crippen molar-refractivity contribution in [2.45, 2.75) is 19.3 Å². The minimum absolute atomic E-state index is 0.0678. The van der Waals surface area contributed by atoms with Crippen molar-refractivity contribution in [3.05, 3.63) is 23.8 Å². The first kappa shape index (κ1) is 15.3. The summed E-state index contributed by atoms with van der Waals surface area (Å²) in [5.74, 6) is 0.309. The number of piperidine rings is 1. The number of carbonyl (C=O) groups excluding carboxylic acids is 2. The van der Waals surface area contributed by atoms with Gasteiger partial charge in [-0.25, -0.2) is 0 Å². The Hall–Kier alpha value is -2.08. The highest BCUT2D eigenvalue weighted by atomic mass is 16.5. The normalized spacial score (nSPS) is 15.5. The Balaban J connectivity index is 2.04. The third-order valence-corrected chi connectivity index (χ3v) is 3.69. The lowest BCUT2D eigenvalue weighted by molar-refractivity contribution is -0.117. The van der Waals surface area contributed by atoms with E-state index in [1.807, 2.05) is 0 Å². The van der Waals surface area contributed by atoms with E-state index in [1.54, 1.807) is 18.2 Å². The van der Waals surface area contributed by atoms with E-state index in [4.69, 9.17) is 10.5 Å². The second-order valence-corrected chi connectivity index (χ2v) is 5.22. The summed E-state index contributed by atoms with van der Waals surface area (Å²) < 4.78 is 5.19. The fourth-order valence-corrected chi connectivity index (χ4v) is 2.51. The van der Waals surface area contributed by atoms with Gasteiger partial charge in [0, 0.05) is 12.0 Å². The van der Waals surface area contributed by atoms with Gasteiger partial charge in [-0.05, 0) is 50.0 Å². The summed E-state index contributed by atoms with van der Waals surface area (Å²) in [5, 5.41) is 6.08. The Morgan fingerprint density at radius 2 is 2.10 bits per heavy atom. The van der Waals surface area contributed by atoms with E-state index in [-0.39, 0.29) is 5.91 Å². The molecule has 1 heterocycles. The quantitative estimate of drug-likeness (QED) is 0.758. The Morgan fingerprint density at radius 3 is 2.71 bits per heavy atom. The first-order chi connectivity index (χ1) is 10.1. The lowest BCUT2D eigenvalue weighted by atomic mass is 9.94. The van der Waals surface area contributed by atoms with Crippen molar-refractivity contribution in [1.82, 2.24) is 5.32 Å². The molecule has 0 unspecified atom stereocenters. The second-order valence-electron chi connectivity index (χ2n) is 5.22. The number of anilines is 1. The molecule has 0 aliphatic carbocycles. The van der Waals surface area contributed by atoms with E-state index >= 15 is 0 Å². The lowest BCUT2D eigenvalue weighted by Crippen LogP contribution is -2.30. The van der Waals surface area contributed by atoms with Gasteiger partial charge in [0.05, 0.1) is 12.8 Å². The van der Waals surface area contributed by atoms with Gasteiger partial charge in [-0.3, -0.25) is 9.59 Å². The molecule has 0 spiro atoms. The van der Waals surface area contributed by atoms with Crippen LogP contribution in [0, 0.1) is 5.92 Å². The Morgan fingerprint density at radius 1 is 1.38 bits per heavy atom. The highest BCUT2D eigenvalue weighted by molar-refractivity contribution is 5.97. The number of amides is 2. The molecule has 0 aromatic heterocycles. The summed E-state index contributed by atoms with van der Waals surface area (Å²) in [7, 11) is 1.52. The van der Waals surface area contributed by atoms with Crippen LogP contribution in [0.25, 0.3) is 0 Å². The number of nitrogens with one attached hydrogen (secondary N) is 2. The van der Waals surface area contributed by atoms with Gasteiger partial charge in [0.1, 0.15) is 5.75 Å². The molecule has 1 aliphatic rings. The Bertz CT molecular complexity index is 525. The molecule has 1 aromatic rings. The van der Waals surface area contributed by atoms with Crippen molar-refractivity contribution < 1.29 is 14.3 Å². The Labute approximate surface area is 124 Å². The molecule has 1 aliphatic heterocycles. The molecule has 0 saturated carbocycles. The van der Waals surface area contributed by atoms with Crippen molar-refractivity contribution in [1.29, 1.82) is 0 Å². The van der Waals surface area contributed by atoms with Crippen molar-refractivity contribution in [2.75, 3.05) is 25.5 Å². The second kappa shape index (κ2) is 7.08. The molecule has 0 radical (unpaired) electrons. The van der Waals surface area contributed by atoms with Crippen molar-refractivity contribution in [3.8, 4) is 5.75 Å². The van der Waals surface area contributed by atoms with Crippen LogP contribution < -0.4 is 21.1 Å². The van der Waals surface area contributed by atoms with Crippen LogP contribution >= 0.6 is 0 Å². The highest BCUT2D eigenvalue weighted by Crippen LogP contribution is 2.26. The van der Waals surface area contributed by atoms with Gasteiger partial charge in [-0.15, -0.1) is 0 Å².